The third-order valence-electron chi connectivity index (χ3n) is 3.96. The van der Waals surface area contributed by atoms with E-state index in [2.05, 4.69) is 0 Å². The number of hydrogen-bond donors (Lipinski definition) is 0. The summed E-state index contributed by atoms with van der Waals surface area (Å²) in [6.07, 6.45) is 3.02. The van der Waals surface area contributed by atoms with Crippen molar-refractivity contribution in [3.8, 4) is 5.75 Å². The van der Waals surface area contributed by atoms with Gasteiger partial charge in [0.15, 0.2) is 0 Å². The molecule has 0 bridgehead atoms. The van der Waals surface area contributed by atoms with E-state index in [-0.39, 0.29) is 13.1 Å². The topological polar surface area (TPSA) is 53.2 Å². The Morgan fingerprint density at radius 2 is 1.36 bits per heavy atom. The molecule has 1 aromatic heterocycles. The maximum absolute atomic E-state index is 13.7. The van der Waals surface area contributed by atoms with Crippen LogP contribution in [0.2, 0.25) is 0 Å². The molecule has 0 aliphatic heterocycles. The Morgan fingerprint density at radius 3 is 1.96 bits per heavy atom. The zero-order valence-electron chi connectivity index (χ0n) is 13.7. The number of nitrogens with zero attached hydrogens (tertiary/aromatic N) is 2. The summed E-state index contributed by atoms with van der Waals surface area (Å²) >= 11 is 0. The standard InChI is InChI=1S/C19H17FN2O3/c1-25-17-9-5-3-7-15(17)13-22-11-10-21(18(23)19(22)24)12-14-6-2-4-8-16(14)20/h2-11H,12-13H2,1H3. The molecule has 0 atom stereocenters. The minimum Gasteiger partial charge on any atom is -0.496 e. The molecule has 0 unspecified atom stereocenters. The van der Waals surface area contributed by atoms with Gasteiger partial charge in [-0.15, -0.1) is 0 Å². The van der Waals surface area contributed by atoms with Crippen LogP contribution in [0.3, 0.4) is 0 Å². The van der Waals surface area contributed by atoms with Gasteiger partial charge in [-0.05, 0) is 12.1 Å². The Labute approximate surface area is 143 Å². The predicted octanol–water partition coefficient (Wildman–Crippen LogP) is 2.25. The van der Waals surface area contributed by atoms with Gasteiger partial charge in [0.05, 0.1) is 20.2 Å². The van der Waals surface area contributed by atoms with Gasteiger partial charge in [0.25, 0.3) is 0 Å². The van der Waals surface area contributed by atoms with Crippen LogP contribution in [0, 0.1) is 5.82 Å². The summed E-state index contributed by atoms with van der Waals surface area (Å²) in [5.41, 5.74) is -0.213. The smallest absolute Gasteiger partial charge is 0.316 e. The van der Waals surface area contributed by atoms with Crippen molar-refractivity contribution in [2.45, 2.75) is 13.1 Å². The number of benzene rings is 2. The maximum Gasteiger partial charge on any atom is 0.316 e. The first-order valence-electron chi connectivity index (χ1n) is 7.75. The summed E-state index contributed by atoms with van der Waals surface area (Å²) in [6.45, 7) is 0.231. The van der Waals surface area contributed by atoms with Gasteiger partial charge in [-0.25, -0.2) is 4.39 Å². The zero-order chi connectivity index (χ0) is 17.8. The monoisotopic (exact) mass is 340 g/mol. The fourth-order valence-corrected chi connectivity index (χ4v) is 2.62. The highest BCUT2D eigenvalue weighted by molar-refractivity contribution is 5.33. The Kier molecular flexibility index (Phi) is 4.79. The van der Waals surface area contributed by atoms with Crippen molar-refractivity contribution in [1.82, 2.24) is 9.13 Å². The largest absolute Gasteiger partial charge is 0.496 e. The number of methoxy groups -OCH3 is 1. The molecule has 0 radical (unpaired) electrons. The zero-order valence-corrected chi connectivity index (χ0v) is 13.7. The number of ether oxygens (including phenoxy) is 1. The van der Waals surface area contributed by atoms with E-state index in [0.29, 0.717) is 11.3 Å². The lowest BCUT2D eigenvalue weighted by Crippen LogP contribution is -2.41. The average molecular weight is 340 g/mol. The van der Waals surface area contributed by atoms with Crippen LogP contribution in [0.4, 0.5) is 4.39 Å². The van der Waals surface area contributed by atoms with Crippen molar-refractivity contribution in [3.63, 3.8) is 0 Å². The van der Waals surface area contributed by atoms with Gasteiger partial charge in [0.1, 0.15) is 11.6 Å². The van der Waals surface area contributed by atoms with E-state index in [4.69, 9.17) is 4.74 Å². The summed E-state index contributed by atoms with van der Waals surface area (Å²) in [5.74, 6) is 0.234. The second-order valence-electron chi connectivity index (χ2n) is 5.57. The molecule has 128 valence electrons. The molecule has 0 saturated heterocycles. The molecule has 5 nitrogen and oxygen atoms in total. The molecular formula is C19H17FN2O3. The predicted molar refractivity (Wildman–Crippen MR) is 92.6 cm³/mol. The molecule has 0 aliphatic carbocycles. The van der Waals surface area contributed by atoms with Gasteiger partial charge in [-0.2, -0.15) is 0 Å². The van der Waals surface area contributed by atoms with Crippen LogP contribution in [0.1, 0.15) is 11.1 Å². The van der Waals surface area contributed by atoms with Gasteiger partial charge in [0.2, 0.25) is 0 Å². The number of halogens is 1. The summed E-state index contributed by atoms with van der Waals surface area (Å²) in [4.78, 5) is 24.7. The number of aromatic nitrogens is 2. The molecule has 0 saturated carbocycles. The van der Waals surface area contributed by atoms with Gasteiger partial charge in [0, 0.05) is 23.5 Å². The number of para-hydroxylation sites is 1. The second-order valence-corrected chi connectivity index (χ2v) is 5.57. The van der Waals surface area contributed by atoms with Crippen molar-refractivity contribution in [1.29, 1.82) is 0 Å². The molecule has 3 aromatic rings. The maximum atomic E-state index is 13.7. The van der Waals surface area contributed by atoms with Crippen molar-refractivity contribution in [2.75, 3.05) is 7.11 Å². The average Bonchev–Trinajstić information content (AvgIpc) is 2.63. The van der Waals surface area contributed by atoms with Gasteiger partial charge >= 0.3 is 11.1 Å². The van der Waals surface area contributed by atoms with E-state index in [9.17, 15) is 14.0 Å². The van der Waals surface area contributed by atoms with Crippen molar-refractivity contribution >= 4 is 0 Å². The van der Waals surface area contributed by atoms with E-state index in [1.54, 1.807) is 31.4 Å². The minimum absolute atomic E-state index is 0.0102. The molecule has 0 N–H and O–H groups in total. The summed E-state index contributed by atoms with van der Waals surface area (Å²) < 4.78 is 21.5. The van der Waals surface area contributed by atoms with E-state index in [1.807, 2.05) is 18.2 Å². The fraction of sp³-hybridized carbons (Fsp3) is 0.158. The SMILES string of the molecule is COc1ccccc1Cn1ccn(Cc2ccccc2F)c(=O)c1=O. The van der Waals surface area contributed by atoms with Gasteiger partial charge in [-0.1, -0.05) is 36.4 Å². The van der Waals surface area contributed by atoms with E-state index >= 15 is 0 Å². The first-order chi connectivity index (χ1) is 12.1. The Balaban J connectivity index is 1.92. The first-order valence-corrected chi connectivity index (χ1v) is 7.75. The highest BCUT2D eigenvalue weighted by Crippen LogP contribution is 2.17. The quantitative estimate of drug-likeness (QED) is 0.670. The van der Waals surface area contributed by atoms with Crippen LogP contribution in [0.25, 0.3) is 0 Å². The van der Waals surface area contributed by atoms with Crippen LogP contribution in [0.5, 0.6) is 5.75 Å². The minimum atomic E-state index is -0.694. The highest BCUT2D eigenvalue weighted by Gasteiger charge is 2.10. The van der Waals surface area contributed by atoms with Crippen molar-refractivity contribution in [2.24, 2.45) is 0 Å². The molecule has 0 spiro atoms. The van der Waals surface area contributed by atoms with Gasteiger partial charge in [-0.3, -0.25) is 9.59 Å². The van der Waals surface area contributed by atoms with E-state index in [0.717, 1.165) is 5.56 Å². The molecule has 0 fully saturated rings. The molecule has 1 heterocycles. The van der Waals surface area contributed by atoms with Crippen molar-refractivity contribution in [3.05, 3.63) is 98.6 Å². The van der Waals surface area contributed by atoms with Crippen LogP contribution in [-0.4, -0.2) is 16.2 Å². The lowest BCUT2D eigenvalue weighted by atomic mass is 10.2. The van der Waals surface area contributed by atoms with Gasteiger partial charge < -0.3 is 13.9 Å². The molecular weight excluding hydrogens is 323 g/mol. The van der Waals surface area contributed by atoms with E-state index in [1.165, 1.54) is 27.6 Å². The van der Waals surface area contributed by atoms with Crippen LogP contribution in [-0.2, 0) is 13.1 Å². The van der Waals surface area contributed by atoms with Crippen LogP contribution in [0.15, 0.2) is 70.5 Å². The third-order valence-corrected chi connectivity index (χ3v) is 3.96. The Bertz CT molecular complexity index is 1010. The summed E-state index contributed by atoms with van der Waals surface area (Å²) in [5, 5.41) is 0. The van der Waals surface area contributed by atoms with Crippen LogP contribution >= 0.6 is 0 Å². The second kappa shape index (κ2) is 7.17. The molecule has 0 amide bonds. The Hall–Kier alpha value is -3.15. The molecule has 6 heteroatoms. The fourth-order valence-electron chi connectivity index (χ4n) is 2.62. The summed E-state index contributed by atoms with van der Waals surface area (Å²) in [6, 6.07) is 13.5. The number of hydrogen-bond acceptors (Lipinski definition) is 3. The highest BCUT2D eigenvalue weighted by atomic mass is 19.1. The van der Waals surface area contributed by atoms with Crippen LogP contribution < -0.4 is 15.9 Å². The lowest BCUT2D eigenvalue weighted by molar-refractivity contribution is 0.408. The molecule has 0 aliphatic rings. The van der Waals surface area contributed by atoms with Crippen molar-refractivity contribution < 1.29 is 9.13 Å². The lowest BCUT2D eigenvalue weighted by Gasteiger charge is -2.11. The first kappa shape index (κ1) is 16.7. The molecule has 3 rings (SSSR count). The normalized spacial score (nSPS) is 10.6. The number of rotatable bonds is 5. The Morgan fingerprint density at radius 1 is 0.840 bits per heavy atom. The third kappa shape index (κ3) is 3.52. The van der Waals surface area contributed by atoms with E-state index < -0.39 is 16.9 Å². The molecule has 2 aromatic carbocycles. The summed E-state index contributed by atoms with van der Waals surface area (Å²) in [7, 11) is 1.55. The molecule has 25 heavy (non-hydrogen) atoms.